The van der Waals surface area contributed by atoms with E-state index in [1.54, 1.807) is 12.3 Å². The maximum absolute atomic E-state index is 11.3. The van der Waals surface area contributed by atoms with Crippen LogP contribution in [0.1, 0.15) is 16.7 Å². The summed E-state index contributed by atoms with van der Waals surface area (Å²) in [6, 6.07) is 17.2. The number of benzene rings is 2. The summed E-state index contributed by atoms with van der Waals surface area (Å²) in [6.45, 7) is 2.11. The summed E-state index contributed by atoms with van der Waals surface area (Å²) in [5, 5.41) is 0.698. The first-order valence-corrected chi connectivity index (χ1v) is 8.50. The molecule has 0 unspecified atom stereocenters. The number of para-hydroxylation sites is 1. The minimum Gasteiger partial charge on any atom is -0.457 e. The average molecular weight is 353 g/mol. The van der Waals surface area contributed by atoms with Gasteiger partial charge >= 0.3 is 0 Å². The zero-order valence-electron chi connectivity index (χ0n) is 13.5. The van der Waals surface area contributed by atoms with Gasteiger partial charge in [-0.15, -0.1) is 0 Å². The van der Waals surface area contributed by atoms with E-state index in [9.17, 15) is 4.79 Å². The number of hydrogen-bond donors (Lipinski definition) is 1. The second kappa shape index (κ2) is 6.75. The molecule has 25 heavy (non-hydrogen) atoms. The van der Waals surface area contributed by atoms with Gasteiger partial charge in [0.05, 0.1) is 0 Å². The van der Waals surface area contributed by atoms with E-state index in [0.29, 0.717) is 18.1 Å². The third-order valence-electron chi connectivity index (χ3n) is 4.30. The Morgan fingerprint density at radius 3 is 2.68 bits per heavy atom. The van der Waals surface area contributed by atoms with Crippen molar-refractivity contribution in [2.75, 3.05) is 0 Å². The number of ether oxygens (including phenoxy) is 1. The molecule has 0 aliphatic carbocycles. The maximum Gasteiger partial charge on any atom is 0.247 e. The summed E-state index contributed by atoms with van der Waals surface area (Å²) in [5.74, 6) is 1.63. The zero-order chi connectivity index (χ0) is 17.2. The predicted molar refractivity (Wildman–Crippen MR) is 98.0 cm³/mol. The van der Waals surface area contributed by atoms with Gasteiger partial charge in [0.25, 0.3) is 0 Å². The lowest BCUT2D eigenvalue weighted by molar-refractivity contribution is 0.235. The van der Waals surface area contributed by atoms with E-state index < -0.39 is 0 Å². The molecule has 5 heteroatoms. The number of hydrogen-bond acceptors (Lipinski definition) is 3. The topological polar surface area (TPSA) is 45.3 Å². The summed E-state index contributed by atoms with van der Waals surface area (Å²) in [5.41, 5.74) is 3.05. The smallest absolute Gasteiger partial charge is 0.247 e. The van der Waals surface area contributed by atoms with E-state index in [2.05, 4.69) is 16.0 Å². The van der Waals surface area contributed by atoms with Crippen LogP contribution in [0.4, 0.5) is 0 Å². The fourth-order valence-corrected chi connectivity index (χ4v) is 3.30. The van der Waals surface area contributed by atoms with Crippen molar-refractivity contribution in [1.29, 1.82) is 0 Å². The van der Waals surface area contributed by atoms with Gasteiger partial charge in [0.15, 0.2) is 0 Å². The van der Waals surface area contributed by atoms with Gasteiger partial charge in [-0.05, 0) is 23.8 Å². The Hall–Kier alpha value is -2.56. The fraction of sp³-hybridized carbons (Fsp3) is 0.150. The molecule has 1 aromatic heterocycles. The molecule has 0 saturated carbocycles. The Labute approximate surface area is 150 Å². The minimum atomic E-state index is -0.0939. The molecule has 2 heterocycles. The second-order valence-corrected chi connectivity index (χ2v) is 6.54. The largest absolute Gasteiger partial charge is 0.457 e. The van der Waals surface area contributed by atoms with Crippen LogP contribution in [0, 0.1) is 0 Å². The molecule has 4 nitrogen and oxygen atoms in total. The number of nitrogens with zero attached hydrogens (tertiary/aromatic N) is 1. The van der Waals surface area contributed by atoms with E-state index in [4.69, 9.17) is 16.3 Å². The highest BCUT2D eigenvalue weighted by molar-refractivity contribution is 6.31. The van der Waals surface area contributed by atoms with Crippen LogP contribution in [-0.4, -0.2) is 9.88 Å². The highest BCUT2D eigenvalue weighted by Crippen LogP contribution is 2.36. The van der Waals surface area contributed by atoms with Crippen LogP contribution in [0.25, 0.3) is 0 Å². The van der Waals surface area contributed by atoms with E-state index in [-0.39, 0.29) is 5.56 Å². The third kappa shape index (κ3) is 3.45. The van der Waals surface area contributed by atoms with Gasteiger partial charge in [0, 0.05) is 48.0 Å². The number of nitrogens with one attached hydrogen (secondary N) is 1. The van der Waals surface area contributed by atoms with Crippen molar-refractivity contribution < 1.29 is 4.74 Å². The first-order chi connectivity index (χ1) is 12.2. The normalized spacial score (nSPS) is 14.0. The molecule has 3 aromatic rings. The van der Waals surface area contributed by atoms with E-state index in [1.807, 2.05) is 42.5 Å². The summed E-state index contributed by atoms with van der Waals surface area (Å²) in [4.78, 5) is 16.3. The monoisotopic (exact) mass is 352 g/mol. The van der Waals surface area contributed by atoms with Gasteiger partial charge < -0.3 is 9.72 Å². The summed E-state index contributed by atoms with van der Waals surface area (Å²) in [6.07, 6.45) is 1.76. The number of halogens is 1. The first-order valence-electron chi connectivity index (χ1n) is 8.12. The maximum atomic E-state index is 11.3. The van der Waals surface area contributed by atoms with Crippen LogP contribution in [0.5, 0.6) is 11.5 Å². The molecule has 0 radical (unpaired) electrons. The van der Waals surface area contributed by atoms with Crippen molar-refractivity contribution in [1.82, 2.24) is 9.88 Å². The lowest BCUT2D eigenvalue weighted by Gasteiger charge is -2.28. The molecule has 1 aliphatic rings. The van der Waals surface area contributed by atoms with Crippen molar-refractivity contribution in [3.8, 4) is 11.5 Å². The Morgan fingerprint density at radius 2 is 1.84 bits per heavy atom. The van der Waals surface area contributed by atoms with Gasteiger partial charge in [-0.2, -0.15) is 0 Å². The molecule has 0 bridgehead atoms. The van der Waals surface area contributed by atoms with Crippen molar-refractivity contribution in [2.24, 2.45) is 0 Å². The van der Waals surface area contributed by atoms with Crippen LogP contribution >= 0.6 is 11.6 Å². The van der Waals surface area contributed by atoms with Crippen molar-refractivity contribution in [2.45, 2.75) is 19.6 Å². The third-order valence-corrected chi connectivity index (χ3v) is 4.65. The first kappa shape index (κ1) is 15.9. The average Bonchev–Trinajstić information content (AvgIpc) is 2.59. The molecular formula is C20H17ClN2O2. The summed E-state index contributed by atoms with van der Waals surface area (Å²) < 4.78 is 6.12. The van der Waals surface area contributed by atoms with Gasteiger partial charge in [-0.3, -0.25) is 9.69 Å². The zero-order valence-corrected chi connectivity index (χ0v) is 14.3. The molecular weight excluding hydrogens is 336 g/mol. The number of aromatic amines is 1. The molecule has 0 amide bonds. The molecule has 0 fully saturated rings. The summed E-state index contributed by atoms with van der Waals surface area (Å²) >= 11 is 6.43. The van der Waals surface area contributed by atoms with Crippen molar-refractivity contribution >= 4 is 11.6 Å². The Bertz CT molecular complexity index is 947. The highest BCUT2D eigenvalue weighted by Gasteiger charge is 2.20. The number of H-pyrrole nitrogens is 1. The van der Waals surface area contributed by atoms with Crippen molar-refractivity contribution in [3.05, 3.63) is 92.9 Å². The predicted octanol–water partition coefficient (Wildman–Crippen LogP) is 4.34. The molecule has 2 aromatic carbocycles. The fourth-order valence-electron chi connectivity index (χ4n) is 3.07. The Balaban J connectivity index is 1.73. The van der Waals surface area contributed by atoms with Crippen molar-refractivity contribution in [3.63, 3.8) is 0 Å². The van der Waals surface area contributed by atoms with Gasteiger partial charge in [-0.1, -0.05) is 41.9 Å². The van der Waals surface area contributed by atoms with E-state index in [1.165, 1.54) is 0 Å². The number of fused-ring (bicyclic) bond motifs is 2. The van der Waals surface area contributed by atoms with E-state index in [0.717, 1.165) is 34.7 Å². The molecule has 0 atom stereocenters. The van der Waals surface area contributed by atoms with Crippen LogP contribution in [-0.2, 0) is 19.6 Å². The van der Waals surface area contributed by atoms with Gasteiger partial charge in [-0.25, -0.2) is 0 Å². The quantitative estimate of drug-likeness (QED) is 0.746. The molecule has 4 rings (SSSR count). The lowest BCUT2D eigenvalue weighted by Crippen LogP contribution is -2.25. The Kier molecular flexibility index (Phi) is 4.30. The summed E-state index contributed by atoms with van der Waals surface area (Å²) in [7, 11) is 0. The molecule has 0 spiro atoms. The molecule has 1 aliphatic heterocycles. The number of pyridine rings is 1. The van der Waals surface area contributed by atoms with Crippen LogP contribution < -0.4 is 10.3 Å². The molecule has 0 saturated heterocycles. The highest BCUT2D eigenvalue weighted by atomic mass is 35.5. The number of rotatable bonds is 2. The second-order valence-electron chi connectivity index (χ2n) is 6.13. The SMILES string of the molecule is O=c1ccc(CN2Cc3ccccc3Oc3cccc(Cl)c3C2)c[nH]1. The van der Waals surface area contributed by atoms with Gasteiger partial charge in [0.2, 0.25) is 5.56 Å². The number of aromatic nitrogens is 1. The van der Waals surface area contributed by atoms with Crippen LogP contribution in [0.2, 0.25) is 5.02 Å². The molecule has 126 valence electrons. The Morgan fingerprint density at radius 1 is 1.00 bits per heavy atom. The minimum absolute atomic E-state index is 0.0939. The molecule has 1 N–H and O–H groups in total. The lowest BCUT2D eigenvalue weighted by atomic mass is 10.1. The van der Waals surface area contributed by atoms with Crippen LogP contribution in [0.15, 0.2) is 65.6 Å². The standard InChI is InChI=1S/C20H17ClN2O2/c21-17-5-3-7-19-16(17)13-23(11-14-8-9-20(24)22-10-14)12-15-4-1-2-6-18(15)25-19/h1-10H,11-13H2,(H,22,24). The van der Waals surface area contributed by atoms with E-state index >= 15 is 0 Å². The van der Waals surface area contributed by atoms with Crippen LogP contribution in [0.3, 0.4) is 0 Å². The van der Waals surface area contributed by atoms with Gasteiger partial charge in [0.1, 0.15) is 11.5 Å².